The van der Waals surface area contributed by atoms with Crippen LogP contribution in [0.15, 0.2) is 42.5 Å². The SMILES string of the molecule is O=CC(=O)c1ccc(OCc2ccc(Cl)c(Cl)c2)cc1. The van der Waals surface area contributed by atoms with E-state index in [2.05, 4.69) is 0 Å². The van der Waals surface area contributed by atoms with Crippen molar-refractivity contribution in [2.24, 2.45) is 0 Å². The molecule has 0 saturated heterocycles. The van der Waals surface area contributed by atoms with Gasteiger partial charge in [0.25, 0.3) is 0 Å². The first-order chi connectivity index (χ1) is 9.60. The Kier molecular flexibility index (Phi) is 4.77. The van der Waals surface area contributed by atoms with Crippen LogP contribution in [0.5, 0.6) is 5.75 Å². The van der Waals surface area contributed by atoms with Gasteiger partial charge in [-0.05, 0) is 42.0 Å². The number of ketones is 1. The van der Waals surface area contributed by atoms with E-state index in [1.807, 2.05) is 6.07 Å². The number of benzene rings is 2. The maximum atomic E-state index is 11.1. The molecular formula is C15H10Cl2O3. The van der Waals surface area contributed by atoms with E-state index in [4.69, 9.17) is 27.9 Å². The van der Waals surface area contributed by atoms with Crippen LogP contribution in [0.2, 0.25) is 10.0 Å². The first-order valence-electron chi connectivity index (χ1n) is 5.76. The summed E-state index contributed by atoms with van der Waals surface area (Å²) in [7, 11) is 0. The zero-order chi connectivity index (χ0) is 14.5. The van der Waals surface area contributed by atoms with E-state index >= 15 is 0 Å². The topological polar surface area (TPSA) is 43.4 Å². The molecule has 0 aliphatic heterocycles. The summed E-state index contributed by atoms with van der Waals surface area (Å²) in [5.41, 5.74) is 1.22. The van der Waals surface area contributed by atoms with E-state index in [9.17, 15) is 9.59 Å². The summed E-state index contributed by atoms with van der Waals surface area (Å²) in [6.45, 7) is 0.331. The molecule has 0 N–H and O–H groups in total. The van der Waals surface area contributed by atoms with Gasteiger partial charge in [-0.15, -0.1) is 0 Å². The van der Waals surface area contributed by atoms with Gasteiger partial charge in [-0.25, -0.2) is 0 Å². The largest absolute Gasteiger partial charge is 0.489 e. The van der Waals surface area contributed by atoms with E-state index in [1.54, 1.807) is 36.4 Å². The lowest BCUT2D eigenvalue weighted by Gasteiger charge is -2.07. The summed E-state index contributed by atoms with van der Waals surface area (Å²) in [5, 5.41) is 0.965. The number of hydrogen-bond acceptors (Lipinski definition) is 3. The van der Waals surface area contributed by atoms with Gasteiger partial charge in [0, 0.05) is 5.56 Å². The van der Waals surface area contributed by atoms with Crippen molar-refractivity contribution < 1.29 is 14.3 Å². The van der Waals surface area contributed by atoms with Gasteiger partial charge in [0.2, 0.25) is 5.78 Å². The van der Waals surface area contributed by atoms with E-state index < -0.39 is 5.78 Å². The Morgan fingerprint density at radius 3 is 2.35 bits per heavy atom. The molecule has 0 fully saturated rings. The summed E-state index contributed by atoms with van der Waals surface area (Å²) in [5.74, 6) is 0.0413. The number of carbonyl (C=O) groups excluding carboxylic acids is 2. The Labute approximate surface area is 126 Å². The van der Waals surface area contributed by atoms with Crippen LogP contribution >= 0.6 is 23.2 Å². The predicted octanol–water partition coefficient (Wildman–Crippen LogP) is 3.95. The second kappa shape index (κ2) is 6.55. The molecular weight excluding hydrogens is 299 g/mol. The van der Waals surface area contributed by atoms with Crippen molar-refractivity contribution in [2.45, 2.75) is 6.61 Å². The first-order valence-corrected chi connectivity index (χ1v) is 6.52. The summed E-state index contributed by atoms with van der Waals surface area (Å²) in [6.07, 6.45) is 0.283. The van der Waals surface area contributed by atoms with Gasteiger partial charge in [0.05, 0.1) is 10.0 Å². The van der Waals surface area contributed by atoms with Crippen LogP contribution in [-0.4, -0.2) is 12.1 Å². The minimum absolute atomic E-state index is 0.283. The first kappa shape index (κ1) is 14.6. The van der Waals surface area contributed by atoms with Gasteiger partial charge in [-0.2, -0.15) is 0 Å². The van der Waals surface area contributed by atoms with E-state index in [-0.39, 0.29) is 6.29 Å². The molecule has 2 rings (SSSR count). The fraction of sp³-hybridized carbons (Fsp3) is 0.0667. The number of hydrogen-bond donors (Lipinski definition) is 0. The van der Waals surface area contributed by atoms with Crippen LogP contribution in [0.4, 0.5) is 0 Å². The monoisotopic (exact) mass is 308 g/mol. The van der Waals surface area contributed by atoms with Crippen LogP contribution in [-0.2, 0) is 11.4 Å². The van der Waals surface area contributed by atoms with Crippen molar-refractivity contribution in [3.05, 3.63) is 63.6 Å². The molecule has 20 heavy (non-hydrogen) atoms. The van der Waals surface area contributed by atoms with Crippen LogP contribution in [0.3, 0.4) is 0 Å². The minimum Gasteiger partial charge on any atom is -0.489 e. The smallest absolute Gasteiger partial charge is 0.225 e. The lowest BCUT2D eigenvalue weighted by atomic mass is 10.1. The number of rotatable bonds is 5. The van der Waals surface area contributed by atoms with Crippen LogP contribution < -0.4 is 4.74 Å². The molecule has 0 spiro atoms. The molecule has 0 heterocycles. The molecule has 0 aliphatic rings. The summed E-state index contributed by atoms with van der Waals surface area (Å²) in [4.78, 5) is 21.5. The molecule has 0 amide bonds. The number of aldehydes is 1. The van der Waals surface area contributed by atoms with Crippen molar-refractivity contribution in [1.82, 2.24) is 0 Å². The molecule has 102 valence electrons. The molecule has 2 aromatic carbocycles. The summed E-state index contributed by atoms with van der Waals surface area (Å²) >= 11 is 11.7. The van der Waals surface area contributed by atoms with E-state index in [0.717, 1.165) is 5.56 Å². The highest BCUT2D eigenvalue weighted by Gasteiger charge is 2.04. The number of Topliss-reactive ketones (excluding diaryl/α,β-unsaturated/α-hetero) is 1. The van der Waals surface area contributed by atoms with Crippen molar-refractivity contribution >= 4 is 35.3 Å². The highest BCUT2D eigenvalue weighted by Crippen LogP contribution is 2.23. The lowest BCUT2D eigenvalue weighted by molar-refractivity contribution is -0.104. The van der Waals surface area contributed by atoms with Crippen molar-refractivity contribution in [3.8, 4) is 5.75 Å². The van der Waals surface area contributed by atoms with Crippen LogP contribution in [0.25, 0.3) is 0 Å². The third-order valence-electron chi connectivity index (χ3n) is 2.64. The van der Waals surface area contributed by atoms with Gasteiger partial charge in [0.15, 0.2) is 6.29 Å². The third kappa shape index (κ3) is 3.59. The Bertz CT molecular complexity index is 636. The molecule has 3 nitrogen and oxygen atoms in total. The standard InChI is InChI=1S/C15H10Cl2O3/c16-13-6-1-10(7-14(13)17)9-20-12-4-2-11(3-5-12)15(19)8-18/h1-8H,9H2. The van der Waals surface area contributed by atoms with Gasteiger partial charge >= 0.3 is 0 Å². The van der Waals surface area contributed by atoms with Crippen LogP contribution in [0, 0.1) is 0 Å². The zero-order valence-electron chi connectivity index (χ0n) is 10.3. The van der Waals surface area contributed by atoms with E-state index in [1.165, 1.54) is 0 Å². The van der Waals surface area contributed by atoms with Crippen molar-refractivity contribution in [1.29, 1.82) is 0 Å². The Morgan fingerprint density at radius 1 is 1.05 bits per heavy atom. The molecule has 0 unspecified atom stereocenters. The molecule has 0 aliphatic carbocycles. The second-order valence-corrected chi connectivity index (χ2v) is 4.86. The average molecular weight is 309 g/mol. The zero-order valence-corrected chi connectivity index (χ0v) is 11.8. The Morgan fingerprint density at radius 2 is 1.75 bits per heavy atom. The molecule has 0 atom stereocenters. The summed E-state index contributed by atoms with van der Waals surface area (Å²) in [6, 6.07) is 11.6. The molecule has 0 radical (unpaired) electrons. The maximum Gasteiger partial charge on any atom is 0.225 e. The molecule has 5 heteroatoms. The summed E-state index contributed by atoms with van der Waals surface area (Å²) < 4.78 is 5.55. The van der Waals surface area contributed by atoms with Gasteiger partial charge in [-0.1, -0.05) is 29.3 Å². The highest BCUT2D eigenvalue weighted by molar-refractivity contribution is 6.42. The normalized spacial score (nSPS) is 10.1. The van der Waals surface area contributed by atoms with Gasteiger partial charge in [-0.3, -0.25) is 9.59 Å². The number of ether oxygens (including phenoxy) is 1. The van der Waals surface area contributed by atoms with Gasteiger partial charge in [0.1, 0.15) is 12.4 Å². The minimum atomic E-state index is -0.555. The Balaban J connectivity index is 2.01. The van der Waals surface area contributed by atoms with Gasteiger partial charge < -0.3 is 4.74 Å². The van der Waals surface area contributed by atoms with E-state index in [0.29, 0.717) is 28.0 Å². The fourth-order valence-corrected chi connectivity index (χ4v) is 1.90. The average Bonchev–Trinajstić information content (AvgIpc) is 2.48. The molecule has 2 aromatic rings. The van der Waals surface area contributed by atoms with Crippen molar-refractivity contribution in [2.75, 3.05) is 0 Å². The third-order valence-corrected chi connectivity index (χ3v) is 3.37. The highest BCUT2D eigenvalue weighted by atomic mass is 35.5. The molecule has 0 aromatic heterocycles. The van der Waals surface area contributed by atoms with Crippen LogP contribution in [0.1, 0.15) is 15.9 Å². The number of carbonyl (C=O) groups is 2. The fourth-order valence-electron chi connectivity index (χ4n) is 1.58. The quantitative estimate of drug-likeness (QED) is 0.477. The lowest BCUT2D eigenvalue weighted by Crippen LogP contribution is -2.00. The Hall–Kier alpha value is -1.84. The number of halogens is 2. The maximum absolute atomic E-state index is 11.1. The predicted molar refractivity (Wildman–Crippen MR) is 77.6 cm³/mol. The van der Waals surface area contributed by atoms with Crippen molar-refractivity contribution in [3.63, 3.8) is 0 Å². The second-order valence-electron chi connectivity index (χ2n) is 4.04. The molecule has 0 bridgehead atoms. The molecule has 0 saturated carbocycles.